The number of aliphatic hydroxyl groups is 1. The van der Waals surface area contributed by atoms with Gasteiger partial charge in [0.25, 0.3) is 0 Å². The molecule has 0 spiro atoms. The van der Waals surface area contributed by atoms with E-state index < -0.39 is 0 Å². The molecule has 1 N–H and O–H groups in total. The molecule has 0 amide bonds. The van der Waals surface area contributed by atoms with Crippen molar-refractivity contribution in [3.63, 3.8) is 0 Å². The zero-order valence-corrected chi connectivity index (χ0v) is 7.62. The van der Waals surface area contributed by atoms with E-state index in [1.54, 1.807) is 0 Å². The molecule has 1 fully saturated rings. The summed E-state index contributed by atoms with van der Waals surface area (Å²) in [6.07, 6.45) is 2.44. The maximum absolute atomic E-state index is 11.4. The van der Waals surface area contributed by atoms with Crippen molar-refractivity contribution in [1.82, 2.24) is 4.90 Å². The SMILES string of the molecule is CN1CCCC(C(=O)CCO)C1. The smallest absolute Gasteiger partial charge is 0.139 e. The number of aliphatic hydroxyl groups excluding tert-OH is 1. The number of carbonyl (C=O) groups excluding carboxylic acids is 1. The van der Waals surface area contributed by atoms with Crippen LogP contribution in [-0.2, 0) is 4.79 Å². The third-order valence-electron chi connectivity index (χ3n) is 2.44. The second-order valence-corrected chi connectivity index (χ2v) is 3.54. The molecule has 0 saturated carbocycles. The van der Waals surface area contributed by atoms with Crippen molar-refractivity contribution in [2.24, 2.45) is 5.92 Å². The third-order valence-corrected chi connectivity index (χ3v) is 2.44. The first kappa shape index (κ1) is 9.68. The molecule has 0 aromatic heterocycles. The average Bonchev–Trinajstić information content (AvgIpc) is 2.05. The Hall–Kier alpha value is -0.410. The fraction of sp³-hybridized carbons (Fsp3) is 0.889. The van der Waals surface area contributed by atoms with E-state index in [1.807, 2.05) is 7.05 Å². The Balaban J connectivity index is 2.35. The zero-order chi connectivity index (χ0) is 8.97. The van der Waals surface area contributed by atoms with Crippen LogP contribution in [0.15, 0.2) is 0 Å². The van der Waals surface area contributed by atoms with Crippen molar-refractivity contribution in [2.75, 3.05) is 26.7 Å². The van der Waals surface area contributed by atoms with Crippen LogP contribution in [0.4, 0.5) is 0 Å². The van der Waals surface area contributed by atoms with Crippen molar-refractivity contribution in [2.45, 2.75) is 19.3 Å². The number of ketones is 1. The number of Topliss-reactive ketones (excluding diaryl/α,β-unsaturated/α-hetero) is 1. The Kier molecular flexibility index (Phi) is 3.69. The van der Waals surface area contributed by atoms with Gasteiger partial charge >= 0.3 is 0 Å². The van der Waals surface area contributed by atoms with Crippen LogP contribution in [-0.4, -0.2) is 42.5 Å². The molecule has 12 heavy (non-hydrogen) atoms. The minimum Gasteiger partial charge on any atom is -0.396 e. The van der Waals surface area contributed by atoms with Gasteiger partial charge in [0.15, 0.2) is 0 Å². The van der Waals surface area contributed by atoms with Crippen LogP contribution in [0, 0.1) is 5.92 Å². The predicted octanol–water partition coefficient (Wildman–Crippen LogP) is 0.280. The van der Waals surface area contributed by atoms with Crippen LogP contribution in [0.2, 0.25) is 0 Å². The maximum Gasteiger partial charge on any atom is 0.139 e. The van der Waals surface area contributed by atoms with Crippen molar-refractivity contribution in [3.8, 4) is 0 Å². The van der Waals surface area contributed by atoms with E-state index in [0.29, 0.717) is 6.42 Å². The molecule has 1 unspecified atom stereocenters. The molecule has 3 nitrogen and oxygen atoms in total. The molecule has 0 radical (unpaired) electrons. The lowest BCUT2D eigenvalue weighted by Gasteiger charge is -2.28. The number of nitrogens with zero attached hydrogens (tertiary/aromatic N) is 1. The summed E-state index contributed by atoms with van der Waals surface area (Å²) in [7, 11) is 2.04. The van der Waals surface area contributed by atoms with Crippen LogP contribution in [0.25, 0.3) is 0 Å². The van der Waals surface area contributed by atoms with Gasteiger partial charge in [0.05, 0.1) is 0 Å². The van der Waals surface area contributed by atoms with E-state index in [-0.39, 0.29) is 18.3 Å². The average molecular weight is 171 g/mol. The Morgan fingerprint density at radius 1 is 1.67 bits per heavy atom. The number of hydrogen-bond donors (Lipinski definition) is 1. The Bertz CT molecular complexity index is 159. The van der Waals surface area contributed by atoms with Gasteiger partial charge < -0.3 is 10.0 Å². The fourth-order valence-corrected chi connectivity index (χ4v) is 1.74. The summed E-state index contributed by atoms with van der Waals surface area (Å²) in [6.45, 7) is 1.97. The van der Waals surface area contributed by atoms with Crippen LogP contribution in [0.3, 0.4) is 0 Å². The highest BCUT2D eigenvalue weighted by Gasteiger charge is 2.22. The molecule has 1 aliphatic heterocycles. The Morgan fingerprint density at radius 2 is 2.42 bits per heavy atom. The summed E-state index contributed by atoms with van der Waals surface area (Å²) in [6, 6.07) is 0. The van der Waals surface area contributed by atoms with Gasteiger partial charge in [0.1, 0.15) is 5.78 Å². The number of hydrogen-bond acceptors (Lipinski definition) is 3. The van der Waals surface area contributed by atoms with Crippen molar-refractivity contribution in [1.29, 1.82) is 0 Å². The largest absolute Gasteiger partial charge is 0.396 e. The van der Waals surface area contributed by atoms with E-state index >= 15 is 0 Å². The molecule has 0 bridgehead atoms. The van der Waals surface area contributed by atoms with E-state index in [2.05, 4.69) is 4.90 Å². The topological polar surface area (TPSA) is 40.5 Å². The summed E-state index contributed by atoms with van der Waals surface area (Å²) in [5, 5.41) is 8.60. The summed E-state index contributed by atoms with van der Waals surface area (Å²) in [4.78, 5) is 13.5. The molecule has 0 aromatic carbocycles. The van der Waals surface area contributed by atoms with Crippen LogP contribution in [0.1, 0.15) is 19.3 Å². The molecule has 1 saturated heterocycles. The maximum atomic E-state index is 11.4. The molecule has 1 heterocycles. The molecule has 1 aliphatic rings. The van der Waals surface area contributed by atoms with E-state index in [0.717, 1.165) is 25.9 Å². The van der Waals surface area contributed by atoms with Gasteiger partial charge in [-0.15, -0.1) is 0 Å². The highest BCUT2D eigenvalue weighted by Crippen LogP contribution is 2.16. The van der Waals surface area contributed by atoms with E-state index in [9.17, 15) is 4.79 Å². The van der Waals surface area contributed by atoms with Crippen molar-refractivity contribution < 1.29 is 9.90 Å². The fourth-order valence-electron chi connectivity index (χ4n) is 1.74. The minimum absolute atomic E-state index is 0.000945. The number of likely N-dealkylation sites (tertiary alicyclic amines) is 1. The molecule has 0 aliphatic carbocycles. The molecule has 3 heteroatoms. The van der Waals surface area contributed by atoms with Gasteiger partial charge in [-0.3, -0.25) is 4.79 Å². The summed E-state index contributed by atoms with van der Waals surface area (Å²) >= 11 is 0. The molecule has 1 rings (SSSR count). The lowest BCUT2D eigenvalue weighted by Crippen LogP contribution is -2.36. The van der Waals surface area contributed by atoms with Crippen molar-refractivity contribution >= 4 is 5.78 Å². The first-order valence-electron chi connectivity index (χ1n) is 4.56. The molecule has 1 atom stereocenters. The summed E-state index contributed by atoms with van der Waals surface area (Å²) < 4.78 is 0. The second kappa shape index (κ2) is 4.58. The predicted molar refractivity (Wildman–Crippen MR) is 46.9 cm³/mol. The van der Waals surface area contributed by atoms with Crippen LogP contribution in [0.5, 0.6) is 0 Å². The molecule has 0 aromatic rings. The first-order valence-corrected chi connectivity index (χ1v) is 4.56. The second-order valence-electron chi connectivity index (χ2n) is 3.54. The van der Waals surface area contributed by atoms with Crippen LogP contribution >= 0.6 is 0 Å². The van der Waals surface area contributed by atoms with Gasteiger partial charge in [-0.1, -0.05) is 0 Å². The summed E-state index contributed by atoms with van der Waals surface area (Å²) in [5.41, 5.74) is 0. The standard InChI is InChI=1S/C9H17NO2/c1-10-5-2-3-8(7-10)9(12)4-6-11/h8,11H,2-7H2,1H3. The van der Waals surface area contributed by atoms with Crippen molar-refractivity contribution in [3.05, 3.63) is 0 Å². The normalized spacial score (nSPS) is 25.7. The van der Waals surface area contributed by atoms with Gasteiger partial charge in [0.2, 0.25) is 0 Å². The third kappa shape index (κ3) is 2.57. The number of carbonyl (C=O) groups is 1. The van der Waals surface area contributed by atoms with Gasteiger partial charge in [-0.25, -0.2) is 0 Å². The first-order chi connectivity index (χ1) is 5.74. The van der Waals surface area contributed by atoms with Gasteiger partial charge in [-0.05, 0) is 26.4 Å². The van der Waals surface area contributed by atoms with E-state index in [4.69, 9.17) is 5.11 Å². The molecule has 70 valence electrons. The lowest BCUT2D eigenvalue weighted by molar-refractivity contribution is -0.125. The number of rotatable bonds is 3. The van der Waals surface area contributed by atoms with E-state index in [1.165, 1.54) is 0 Å². The lowest BCUT2D eigenvalue weighted by atomic mass is 9.93. The monoisotopic (exact) mass is 171 g/mol. The highest BCUT2D eigenvalue weighted by atomic mass is 16.3. The van der Waals surface area contributed by atoms with Gasteiger partial charge in [-0.2, -0.15) is 0 Å². The quantitative estimate of drug-likeness (QED) is 0.663. The zero-order valence-electron chi connectivity index (χ0n) is 7.62. The Morgan fingerprint density at radius 3 is 3.00 bits per heavy atom. The summed E-state index contributed by atoms with van der Waals surface area (Å²) in [5.74, 6) is 0.403. The molecular weight excluding hydrogens is 154 g/mol. The van der Waals surface area contributed by atoms with Crippen LogP contribution < -0.4 is 0 Å². The highest BCUT2D eigenvalue weighted by molar-refractivity contribution is 5.81. The number of piperidine rings is 1. The minimum atomic E-state index is -0.000945. The Labute approximate surface area is 73.4 Å². The molecular formula is C9H17NO2. The van der Waals surface area contributed by atoms with Gasteiger partial charge in [0, 0.05) is 25.5 Å².